The molecule has 1 amide bonds. The van der Waals surface area contributed by atoms with E-state index in [1.165, 1.54) is 12.1 Å². The van der Waals surface area contributed by atoms with Gasteiger partial charge in [0.15, 0.2) is 11.5 Å². The summed E-state index contributed by atoms with van der Waals surface area (Å²) in [7, 11) is 0. The molecule has 1 N–H and O–H groups in total. The highest BCUT2D eigenvalue weighted by atomic mass is 19.1. The van der Waals surface area contributed by atoms with Gasteiger partial charge in [0.1, 0.15) is 5.82 Å². The van der Waals surface area contributed by atoms with Gasteiger partial charge < -0.3 is 5.32 Å². The lowest BCUT2D eigenvalue weighted by Gasteiger charge is -2.09. The lowest BCUT2D eigenvalue weighted by atomic mass is 10.2. The molecule has 6 heteroatoms. The average Bonchev–Trinajstić information content (AvgIpc) is 2.91. The van der Waals surface area contributed by atoms with Crippen LogP contribution in [0.15, 0.2) is 42.6 Å². The van der Waals surface area contributed by atoms with Gasteiger partial charge in [-0.3, -0.25) is 9.20 Å². The summed E-state index contributed by atoms with van der Waals surface area (Å²) in [5.41, 5.74) is 1.66. The van der Waals surface area contributed by atoms with Crippen LogP contribution in [0.3, 0.4) is 0 Å². The second-order valence-electron chi connectivity index (χ2n) is 5.27. The van der Waals surface area contributed by atoms with Gasteiger partial charge >= 0.3 is 0 Å². The third-order valence-corrected chi connectivity index (χ3v) is 3.20. The second kappa shape index (κ2) is 5.55. The number of rotatable bonds is 3. The second-order valence-corrected chi connectivity index (χ2v) is 5.27. The zero-order valence-corrected chi connectivity index (χ0v) is 12.2. The minimum atomic E-state index is -0.311. The van der Waals surface area contributed by atoms with E-state index >= 15 is 0 Å². The highest BCUT2D eigenvalue weighted by molar-refractivity contribution is 6.00. The van der Waals surface area contributed by atoms with Crippen LogP contribution in [0.1, 0.15) is 24.2 Å². The molecule has 22 heavy (non-hydrogen) atoms. The Labute approximate surface area is 126 Å². The fourth-order valence-electron chi connectivity index (χ4n) is 2.23. The predicted molar refractivity (Wildman–Crippen MR) is 81.0 cm³/mol. The van der Waals surface area contributed by atoms with Crippen LogP contribution in [0, 0.1) is 5.82 Å². The van der Waals surface area contributed by atoms with Crippen LogP contribution >= 0.6 is 0 Å². The molecule has 2 aromatic heterocycles. The highest BCUT2D eigenvalue weighted by Crippen LogP contribution is 2.20. The largest absolute Gasteiger partial charge is 0.350 e. The standard InChI is InChI=1S/C16H15FN4O/c1-10(2)18-16(22)13-4-3-9-21-14(19-20-15(13)21)11-5-7-12(17)8-6-11/h3-10H,1-2H3,(H,18,22). The fraction of sp³-hybridized carbons (Fsp3) is 0.188. The third kappa shape index (κ3) is 2.55. The fourth-order valence-corrected chi connectivity index (χ4v) is 2.23. The van der Waals surface area contributed by atoms with Gasteiger partial charge in [-0.1, -0.05) is 0 Å². The Morgan fingerprint density at radius 2 is 1.91 bits per heavy atom. The van der Waals surface area contributed by atoms with Crippen LogP contribution in [0.4, 0.5) is 4.39 Å². The van der Waals surface area contributed by atoms with E-state index in [1.54, 1.807) is 34.9 Å². The number of nitrogens with zero attached hydrogens (tertiary/aromatic N) is 3. The molecule has 0 saturated heterocycles. The number of carbonyl (C=O) groups is 1. The number of amides is 1. The molecule has 1 aromatic carbocycles. The molecule has 3 aromatic rings. The molecule has 112 valence electrons. The number of hydrogen-bond acceptors (Lipinski definition) is 3. The van der Waals surface area contributed by atoms with Crippen molar-refractivity contribution in [3.05, 3.63) is 54.0 Å². The Kier molecular flexibility index (Phi) is 3.58. The molecular formula is C16H15FN4O. The van der Waals surface area contributed by atoms with Crippen molar-refractivity contribution in [3.8, 4) is 11.4 Å². The summed E-state index contributed by atoms with van der Waals surface area (Å²) in [6.45, 7) is 3.79. The topological polar surface area (TPSA) is 59.3 Å². The Hall–Kier alpha value is -2.76. The summed E-state index contributed by atoms with van der Waals surface area (Å²) < 4.78 is 14.8. The minimum Gasteiger partial charge on any atom is -0.350 e. The molecule has 0 aliphatic heterocycles. The monoisotopic (exact) mass is 298 g/mol. The van der Waals surface area contributed by atoms with Crippen molar-refractivity contribution in [2.75, 3.05) is 0 Å². The van der Waals surface area contributed by atoms with Crippen LogP contribution in [0.2, 0.25) is 0 Å². The molecule has 0 bridgehead atoms. The van der Waals surface area contributed by atoms with E-state index < -0.39 is 0 Å². The molecule has 0 spiro atoms. The van der Waals surface area contributed by atoms with Gasteiger partial charge in [0.25, 0.3) is 5.91 Å². The van der Waals surface area contributed by atoms with Gasteiger partial charge in [-0.15, -0.1) is 10.2 Å². The highest BCUT2D eigenvalue weighted by Gasteiger charge is 2.16. The van der Waals surface area contributed by atoms with Crippen LogP contribution in [0.5, 0.6) is 0 Å². The van der Waals surface area contributed by atoms with Gasteiger partial charge in [0, 0.05) is 17.8 Å². The molecule has 0 radical (unpaired) electrons. The van der Waals surface area contributed by atoms with Crippen LogP contribution in [0.25, 0.3) is 17.0 Å². The number of halogens is 1. The van der Waals surface area contributed by atoms with Crippen molar-refractivity contribution in [1.29, 1.82) is 0 Å². The molecule has 0 atom stereocenters. The molecule has 2 heterocycles. The van der Waals surface area contributed by atoms with Gasteiger partial charge in [0.05, 0.1) is 5.56 Å². The summed E-state index contributed by atoms with van der Waals surface area (Å²) in [5, 5.41) is 11.1. The van der Waals surface area contributed by atoms with Crippen LogP contribution in [-0.2, 0) is 0 Å². The van der Waals surface area contributed by atoms with Gasteiger partial charge in [-0.25, -0.2) is 4.39 Å². The summed E-state index contributed by atoms with van der Waals surface area (Å²) >= 11 is 0. The van der Waals surface area contributed by atoms with Crippen molar-refractivity contribution in [2.45, 2.75) is 19.9 Å². The quantitative estimate of drug-likeness (QED) is 0.808. The molecule has 3 rings (SSSR count). The molecule has 0 saturated carbocycles. The van der Waals surface area contributed by atoms with E-state index in [9.17, 15) is 9.18 Å². The summed E-state index contributed by atoms with van der Waals surface area (Å²) in [6, 6.07) is 9.50. The molecule has 0 fully saturated rings. The Morgan fingerprint density at radius 3 is 2.59 bits per heavy atom. The minimum absolute atomic E-state index is 0.0345. The molecule has 5 nitrogen and oxygen atoms in total. The average molecular weight is 298 g/mol. The SMILES string of the molecule is CC(C)NC(=O)c1cccn2c(-c3ccc(F)cc3)nnc12. The van der Waals surface area contributed by atoms with E-state index in [2.05, 4.69) is 15.5 Å². The predicted octanol–water partition coefficient (Wildman–Crippen LogP) is 2.67. The lowest BCUT2D eigenvalue weighted by Crippen LogP contribution is -2.30. The van der Waals surface area contributed by atoms with Gasteiger partial charge in [-0.2, -0.15) is 0 Å². The first-order valence-corrected chi connectivity index (χ1v) is 6.97. The van der Waals surface area contributed by atoms with Crippen LogP contribution < -0.4 is 5.32 Å². The first-order valence-electron chi connectivity index (χ1n) is 6.97. The van der Waals surface area contributed by atoms with Crippen molar-refractivity contribution in [3.63, 3.8) is 0 Å². The number of nitrogens with one attached hydrogen (secondary N) is 1. The van der Waals surface area contributed by atoms with E-state index in [1.807, 2.05) is 13.8 Å². The first kappa shape index (κ1) is 14.2. The molecule has 0 aliphatic rings. The zero-order chi connectivity index (χ0) is 15.7. The van der Waals surface area contributed by atoms with Gasteiger partial charge in [-0.05, 0) is 50.2 Å². The number of pyridine rings is 1. The molecule has 0 aliphatic carbocycles. The Bertz CT molecular complexity index is 824. The molecular weight excluding hydrogens is 283 g/mol. The lowest BCUT2D eigenvalue weighted by molar-refractivity contribution is 0.0944. The maximum Gasteiger partial charge on any atom is 0.255 e. The summed E-state index contributed by atoms with van der Waals surface area (Å²) in [5.74, 6) is 0.0578. The van der Waals surface area contributed by atoms with Crippen molar-refractivity contribution < 1.29 is 9.18 Å². The number of aromatic nitrogens is 3. The van der Waals surface area contributed by atoms with Crippen molar-refractivity contribution >= 4 is 11.6 Å². The van der Waals surface area contributed by atoms with E-state index in [-0.39, 0.29) is 17.8 Å². The Morgan fingerprint density at radius 1 is 1.18 bits per heavy atom. The van der Waals surface area contributed by atoms with Crippen molar-refractivity contribution in [1.82, 2.24) is 19.9 Å². The number of hydrogen-bond donors (Lipinski definition) is 1. The number of fused-ring (bicyclic) bond motifs is 1. The maximum absolute atomic E-state index is 13.0. The normalized spacial score (nSPS) is 11.1. The van der Waals surface area contributed by atoms with Crippen LogP contribution in [-0.4, -0.2) is 26.5 Å². The first-order chi connectivity index (χ1) is 10.6. The number of carbonyl (C=O) groups excluding carboxylic acids is 1. The molecule has 0 unspecified atom stereocenters. The maximum atomic E-state index is 13.0. The van der Waals surface area contributed by atoms with Gasteiger partial charge in [0.2, 0.25) is 0 Å². The van der Waals surface area contributed by atoms with E-state index in [0.29, 0.717) is 17.0 Å². The number of benzene rings is 1. The van der Waals surface area contributed by atoms with E-state index in [0.717, 1.165) is 5.56 Å². The Balaban J connectivity index is 2.09. The zero-order valence-electron chi connectivity index (χ0n) is 12.2. The smallest absolute Gasteiger partial charge is 0.255 e. The summed E-state index contributed by atoms with van der Waals surface area (Å²) in [6.07, 6.45) is 1.78. The van der Waals surface area contributed by atoms with Crippen molar-refractivity contribution in [2.24, 2.45) is 0 Å². The summed E-state index contributed by atoms with van der Waals surface area (Å²) in [4.78, 5) is 12.2. The third-order valence-electron chi connectivity index (χ3n) is 3.20. The van der Waals surface area contributed by atoms with E-state index in [4.69, 9.17) is 0 Å².